The molecule has 0 spiro atoms. The minimum Gasteiger partial charge on any atom is -0.497 e. The Hall–Kier alpha value is -3.12. The zero-order valence-electron chi connectivity index (χ0n) is 18.1. The summed E-state index contributed by atoms with van der Waals surface area (Å²) in [5, 5.41) is 11.9. The van der Waals surface area contributed by atoms with E-state index in [0.717, 1.165) is 17.1 Å². The van der Waals surface area contributed by atoms with Gasteiger partial charge in [-0.15, -0.1) is 10.2 Å². The number of esters is 1. The lowest BCUT2D eigenvalue weighted by Gasteiger charge is -2.07. The molecule has 0 bridgehead atoms. The maximum Gasteiger partial charge on any atom is 0.350 e. The number of nitrogens with one attached hydrogen (secondary N) is 1. The zero-order chi connectivity index (χ0) is 23.1. The van der Waals surface area contributed by atoms with Crippen molar-refractivity contribution in [3.05, 3.63) is 40.7 Å². The summed E-state index contributed by atoms with van der Waals surface area (Å²) in [7, 11) is 3.41. The molecule has 2 aromatic heterocycles. The molecular formula is C20H23N5O5S2. The highest BCUT2D eigenvalue weighted by atomic mass is 32.2. The van der Waals surface area contributed by atoms with Crippen LogP contribution < -0.4 is 14.8 Å². The van der Waals surface area contributed by atoms with Gasteiger partial charge in [0.15, 0.2) is 16.1 Å². The van der Waals surface area contributed by atoms with Crippen molar-refractivity contribution >= 4 is 40.1 Å². The van der Waals surface area contributed by atoms with Gasteiger partial charge in [0.05, 0.1) is 25.2 Å². The molecule has 0 saturated carbocycles. The van der Waals surface area contributed by atoms with Crippen LogP contribution in [0.3, 0.4) is 0 Å². The first kappa shape index (κ1) is 23.5. The molecule has 2 heterocycles. The van der Waals surface area contributed by atoms with E-state index in [-0.39, 0.29) is 24.9 Å². The van der Waals surface area contributed by atoms with Crippen LogP contribution in [0, 0.1) is 6.92 Å². The molecule has 10 nitrogen and oxygen atoms in total. The van der Waals surface area contributed by atoms with E-state index in [1.807, 2.05) is 31.3 Å². The SMILES string of the molecule is CCOC(=O)c1sc(NC(=O)CSc2nnc(COc3ccc(OC)cc3)n2C)nc1C. The standard InChI is InChI=1S/C20H23N5O5S2/c1-5-29-18(27)17-12(2)21-19(32-17)22-16(26)11-31-20-24-23-15(25(20)3)10-30-14-8-6-13(28-4)7-9-14/h6-9H,5,10-11H2,1-4H3,(H,21,22,26). The van der Waals surface area contributed by atoms with Crippen LogP contribution in [-0.4, -0.2) is 51.1 Å². The number of thiazole rings is 1. The highest BCUT2D eigenvalue weighted by Gasteiger charge is 2.18. The first-order valence-corrected chi connectivity index (χ1v) is 11.4. The van der Waals surface area contributed by atoms with Crippen molar-refractivity contribution in [2.75, 3.05) is 24.8 Å². The molecule has 0 aliphatic heterocycles. The van der Waals surface area contributed by atoms with Crippen molar-refractivity contribution in [3.63, 3.8) is 0 Å². The highest BCUT2D eigenvalue weighted by molar-refractivity contribution is 7.99. The Kier molecular flexibility index (Phi) is 8.06. The van der Waals surface area contributed by atoms with E-state index >= 15 is 0 Å². The Morgan fingerprint density at radius 1 is 1.19 bits per heavy atom. The number of hydrogen-bond acceptors (Lipinski definition) is 10. The minimum atomic E-state index is -0.444. The number of ether oxygens (including phenoxy) is 3. The molecule has 1 N–H and O–H groups in total. The van der Waals surface area contributed by atoms with Crippen molar-refractivity contribution in [2.45, 2.75) is 25.6 Å². The van der Waals surface area contributed by atoms with Gasteiger partial charge in [-0.25, -0.2) is 9.78 Å². The third kappa shape index (κ3) is 5.98. The largest absolute Gasteiger partial charge is 0.497 e. The predicted octanol–water partition coefficient (Wildman–Crippen LogP) is 3.08. The van der Waals surface area contributed by atoms with Gasteiger partial charge < -0.3 is 24.1 Å². The Morgan fingerprint density at radius 3 is 2.59 bits per heavy atom. The fraction of sp³-hybridized carbons (Fsp3) is 0.350. The second-order valence-electron chi connectivity index (χ2n) is 6.41. The van der Waals surface area contributed by atoms with Gasteiger partial charge in [-0.2, -0.15) is 0 Å². The minimum absolute atomic E-state index is 0.110. The molecule has 12 heteroatoms. The number of anilines is 1. The van der Waals surface area contributed by atoms with Crippen LogP contribution in [0.15, 0.2) is 29.4 Å². The van der Waals surface area contributed by atoms with E-state index in [0.29, 0.717) is 32.4 Å². The average Bonchev–Trinajstić information content (AvgIpc) is 3.33. The molecule has 32 heavy (non-hydrogen) atoms. The number of hydrogen-bond donors (Lipinski definition) is 1. The summed E-state index contributed by atoms with van der Waals surface area (Å²) < 4.78 is 17.6. The summed E-state index contributed by atoms with van der Waals surface area (Å²) in [5.41, 5.74) is 0.520. The number of aryl methyl sites for hydroxylation is 1. The Labute approximate surface area is 193 Å². The number of methoxy groups -OCH3 is 1. The molecule has 0 unspecified atom stereocenters. The van der Waals surface area contributed by atoms with Crippen LogP contribution in [-0.2, 0) is 23.2 Å². The number of carbonyl (C=O) groups excluding carboxylic acids is 2. The molecule has 0 radical (unpaired) electrons. The Bertz CT molecular complexity index is 1080. The number of carbonyl (C=O) groups is 2. The summed E-state index contributed by atoms with van der Waals surface area (Å²) in [5.74, 6) is 1.46. The maximum absolute atomic E-state index is 12.3. The van der Waals surface area contributed by atoms with E-state index in [1.165, 1.54) is 11.8 Å². The first-order chi connectivity index (χ1) is 15.4. The molecule has 1 aromatic carbocycles. The third-order valence-electron chi connectivity index (χ3n) is 4.19. The second kappa shape index (κ2) is 11.0. The Morgan fingerprint density at radius 2 is 1.91 bits per heavy atom. The number of thioether (sulfide) groups is 1. The molecule has 0 saturated heterocycles. The van der Waals surface area contributed by atoms with E-state index in [9.17, 15) is 9.59 Å². The van der Waals surface area contributed by atoms with Gasteiger partial charge in [0.1, 0.15) is 23.0 Å². The maximum atomic E-state index is 12.3. The van der Waals surface area contributed by atoms with Crippen LogP contribution >= 0.6 is 23.1 Å². The molecule has 1 amide bonds. The lowest BCUT2D eigenvalue weighted by molar-refractivity contribution is -0.113. The molecule has 0 atom stereocenters. The second-order valence-corrected chi connectivity index (χ2v) is 8.35. The molecule has 3 aromatic rings. The van der Waals surface area contributed by atoms with E-state index in [4.69, 9.17) is 14.2 Å². The van der Waals surface area contributed by atoms with Crippen molar-refractivity contribution in [1.82, 2.24) is 19.7 Å². The summed E-state index contributed by atoms with van der Waals surface area (Å²) in [6.07, 6.45) is 0. The summed E-state index contributed by atoms with van der Waals surface area (Å²) in [4.78, 5) is 28.8. The van der Waals surface area contributed by atoms with Gasteiger partial charge in [-0.1, -0.05) is 23.1 Å². The van der Waals surface area contributed by atoms with Crippen LogP contribution in [0.4, 0.5) is 5.13 Å². The van der Waals surface area contributed by atoms with Crippen LogP contribution in [0.5, 0.6) is 11.5 Å². The highest BCUT2D eigenvalue weighted by Crippen LogP contribution is 2.24. The molecular weight excluding hydrogens is 454 g/mol. The van der Waals surface area contributed by atoms with Crippen LogP contribution in [0.1, 0.15) is 28.1 Å². The van der Waals surface area contributed by atoms with Gasteiger partial charge in [0.2, 0.25) is 5.91 Å². The van der Waals surface area contributed by atoms with Crippen LogP contribution in [0.2, 0.25) is 0 Å². The first-order valence-electron chi connectivity index (χ1n) is 9.63. The number of nitrogens with zero attached hydrogens (tertiary/aromatic N) is 4. The number of amides is 1. The number of rotatable bonds is 10. The fourth-order valence-electron chi connectivity index (χ4n) is 2.54. The predicted molar refractivity (Wildman–Crippen MR) is 120 cm³/mol. The van der Waals surface area contributed by atoms with Gasteiger partial charge in [-0.05, 0) is 38.1 Å². The van der Waals surface area contributed by atoms with Crippen molar-refractivity contribution in [2.24, 2.45) is 7.05 Å². The summed E-state index contributed by atoms with van der Waals surface area (Å²) in [6, 6.07) is 7.24. The monoisotopic (exact) mass is 477 g/mol. The fourth-order valence-corrected chi connectivity index (χ4v) is 4.14. The van der Waals surface area contributed by atoms with E-state index < -0.39 is 5.97 Å². The molecule has 170 valence electrons. The quantitative estimate of drug-likeness (QED) is 0.347. The van der Waals surface area contributed by atoms with Gasteiger partial charge >= 0.3 is 5.97 Å². The average molecular weight is 478 g/mol. The van der Waals surface area contributed by atoms with E-state index in [1.54, 1.807) is 25.5 Å². The van der Waals surface area contributed by atoms with Crippen molar-refractivity contribution < 1.29 is 23.8 Å². The third-order valence-corrected chi connectivity index (χ3v) is 6.26. The van der Waals surface area contributed by atoms with Gasteiger partial charge in [-0.3, -0.25) is 4.79 Å². The zero-order valence-corrected chi connectivity index (χ0v) is 19.7. The molecule has 3 rings (SSSR count). The van der Waals surface area contributed by atoms with Crippen molar-refractivity contribution in [1.29, 1.82) is 0 Å². The van der Waals surface area contributed by atoms with E-state index in [2.05, 4.69) is 20.5 Å². The van der Waals surface area contributed by atoms with Gasteiger partial charge in [0, 0.05) is 7.05 Å². The van der Waals surface area contributed by atoms with Gasteiger partial charge in [0.25, 0.3) is 0 Å². The topological polar surface area (TPSA) is 117 Å². The summed E-state index contributed by atoms with van der Waals surface area (Å²) in [6.45, 7) is 3.94. The lowest BCUT2D eigenvalue weighted by Crippen LogP contribution is -2.14. The smallest absolute Gasteiger partial charge is 0.350 e. The summed E-state index contributed by atoms with van der Waals surface area (Å²) >= 11 is 2.32. The molecule has 0 fully saturated rings. The molecule has 0 aliphatic carbocycles. The lowest BCUT2D eigenvalue weighted by atomic mass is 10.3. The Balaban J connectivity index is 1.51. The molecule has 0 aliphatic rings. The van der Waals surface area contributed by atoms with Crippen LogP contribution in [0.25, 0.3) is 0 Å². The van der Waals surface area contributed by atoms with Crippen molar-refractivity contribution in [3.8, 4) is 11.5 Å². The number of aromatic nitrogens is 4. The number of benzene rings is 1. The normalized spacial score (nSPS) is 10.6.